The molecular weight excluding hydrogens is 477 g/mol. The van der Waals surface area contributed by atoms with Gasteiger partial charge in [-0.05, 0) is 56.1 Å². The van der Waals surface area contributed by atoms with Crippen LogP contribution in [0.1, 0.15) is 11.4 Å². The molecule has 0 saturated carbocycles. The number of nitrogens with zero attached hydrogens (tertiary/aromatic N) is 2. The Hall–Kier alpha value is -1.56. The minimum absolute atomic E-state index is 0.00722. The summed E-state index contributed by atoms with van der Waals surface area (Å²) in [7, 11) is 0. The third-order valence-electron chi connectivity index (χ3n) is 2.14. The Bertz CT molecular complexity index is 593. The van der Waals surface area contributed by atoms with Gasteiger partial charge in [-0.15, -0.1) is 0 Å². The number of alkyl halides is 3. The first-order valence-electron chi connectivity index (χ1n) is 6.32. The molecule has 0 aliphatic heterocycles. The highest BCUT2D eigenvalue weighted by Gasteiger charge is 2.38. The van der Waals surface area contributed by atoms with E-state index in [0.717, 1.165) is 8.95 Å². The van der Waals surface area contributed by atoms with Crippen LogP contribution in [0, 0.1) is 0 Å². The van der Waals surface area contributed by atoms with E-state index in [9.17, 15) is 13.2 Å². The van der Waals surface area contributed by atoms with Crippen LogP contribution in [0.4, 0.5) is 13.2 Å². The molecule has 11 heteroatoms. The molecule has 0 radical (unpaired) electrons. The van der Waals surface area contributed by atoms with E-state index in [1.165, 1.54) is 0 Å². The van der Waals surface area contributed by atoms with Gasteiger partial charge in [-0.2, -0.15) is 13.2 Å². The minimum Gasteiger partial charge on any atom is -0.475 e. The lowest BCUT2D eigenvalue weighted by molar-refractivity contribution is -0.192. The summed E-state index contributed by atoms with van der Waals surface area (Å²) in [6, 6.07) is 7.23. The van der Waals surface area contributed by atoms with E-state index >= 15 is 0 Å². The van der Waals surface area contributed by atoms with Crippen molar-refractivity contribution in [3.63, 3.8) is 0 Å². The SMILES string of the molecule is O=C(O)C(F)(F)F.OCc1ccc(Br)cn1.OCc1ccc(Br)cn1. The normalized spacial score (nSPS) is 10.0. The fourth-order valence-corrected chi connectivity index (χ4v) is 1.47. The fourth-order valence-electron chi connectivity index (χ4n) is 1.000. The summed E-state index contributed by atoms with van der Waals surface area (Å²) in [6.45, 7) is 0.0144. The third-order valence-corrected chi connectivity index (χ3v) is 3.08. The zero-order chi connectivity index (χ0) is 19.5. The molecule has 0 unspecified atom stereocenters. The molecular formula is C14H13Br2F3N2O4. The number of hydrogen-bond donors (Lipinski definition) is 3. The Kier molecular flexibility index (Phi) is 11.2. The number of aliphatic carboxylic acids is 1. The minimum atomic E-state index is -5.08. The molecule has 0 saturated heterocycles. The van der Waals surface area contributed by atoms with E-state index in [4.69, 9.17) is 20.1 Å². The largest absolute Gasteiger partial charge is 0.490 e. The second kappa shape index (κ2) is 11.9. The number of aliphatic hydroxyl groups is 2. The topological polar surface area (TPSA) is 104 Å². The van der Waals surface area contributed by atoms with Crippen molar-refractivity contribution in [2.24, 2.45) is 0 Å². The molecule has 0 atom stereocenters. The number of rotatable bonds is 2. The van der Waals surface area contributed by atoms with Gasteiger partial charge in [0.25, 0.3) is 0 Å². The molecule has 0 amide bonds. The van der Waals surface area contributed by atoms with Gasteiger partial charge >= 0.3 is 12.1 Å². The fraction of sp³-hybridized carbons (Fsp3) is 0.214. The summed E-state index contributed by atoms with van der Waals surface area (Å²) in [5, 5.41) is 24.2. The van der Waals surface area contributed by atoms with Crippen molar-refractivity contribution in [1.82, 2.24) is 9.97 Å². The second-order valence-corrected chi connectivity index (χ2v) is 5.89. The van der Waals surface area contributed by atoms with Crippen molar-refractivity contribution in [2.75, 3.05) is 0 Å². The van der Waals surface area contributed by atoms with E-state index in [1.54, 1.807) is 24.5 Å². The number of aliphatic hydroxyl groups excluding tert-OH is 2. The second-order valence-electron chi connectivity index (χ2n) is 4.05. The molecule has 2 aromatic heterocycles. The average molecular weight is 490 g/mol. The first-order valence-corrected chi connectivity index (χ1v) is 7.91. The maximum Gasteiger partial charge on any atom is 0.490 e. The summed E-state index contributed by atoms with van der Waals surface area (Å²) in [6.07, 6.45) is -1.77. The van der Waals surface area contributed by atoms with Crippen LogP contribution in [-0.2, 0) is 18.0 Å². The zero-order valence-corrected chi connectivity index (χ0v) is 15.6. The molecule has 25 heavy (non-hydrogen) atoms. The summed E-state index contributed by atoms with van der Waals surface area (Å²) in [4.78, 5) is 16.7. The number of halogens is 5. The highest BCUT2D eigenvalue weighted by atomic mass is 79.9. The van der Waals surface area contributed by atoms with Crippen LogP contribution in [0.15, 0.2) is 45.6 Å². The Balaban J connectivity index is 0.000000350. The van der Waals surface area contributed by atoms with Crippen molar-refractivity contribution >= 4 is 37.8 Å². The maximum absolute atomic E-state index is 10.6. The molecule has 2 aromatic rings. The summed E-state index contributed by atoms with van der Waals surface area (Å²) >= 11 is 6.46. The van der Waals surface area contributed by atoms with Crippen molar-refractivity contribution in [3.05, 3.63) is 57.0 Å². The summed E-state index contributed by atoms with van der Waals surface area (Å²) < 4.78 is 33.6. The predicted octanol–water partition coefficient (Wildman–Crippen LogP) is 3.31. The van der Waals surface area contributed by atoms with Gasteiger partial charge in [-0.1, -0.05) is 0 Å². The van der Waals surface area contributed by atoms with Gasteiger partial charge in [0.15, 0.2) is 0 Å². The lowest BCUT2D eigenvalue weighted by Crippen LogP contribution is -2.21. The molecule has 0 aliphatic carbocycles. The highest BCUT2D eigenvalue weighted by molar-refractivity contribution is 9.10. The van der Waals surface area contributed by atoms with Crippen LogP contribution in [0.5, 0.6) is 0 Å². The number of hydrogen-bond acceptors (Lipinski definition) is 5. The molecule has 6 nitrogen and oxygen atoms in total. The Morgan fingerprint density at radius 2 is 1.24 bits per heavy atom. The number of aromatic nitrogens is 2. The molecule has 0 bridgehead atoms. The van der Waals surface area contributed by atoms with Gasteiger partial charge in [0.2, 0.25) is 0 Å². The number of carboxylic acid groups (broad SMARTS) is 1. The number of carbonyl (C=O) groups is 1. The van der Waals surface area contributed by atoms with Crippen molar-refractivity contribution in [3.8, 4) is 0 Å². The number of pyridine rings is 2. The van der Waals surface area contributed by atoms with E-state index < -0.39 is 12.1 Å². The molecule has 0 spiro atoms. The quantitative estimate of drug-likeness (QED) is 0.598. The van der Waals surface area contributed by atoms with Gasteiger partial charge < -0.3 is 15.3 Å². The monoisotopic (exact) mass is 488 g/mol. The van der Waals surface area contributed by atoms with Crippen molar-refractivity contribution in [1.29, 1.82) is 0 Å². The summed E-state index contributed by atoms with van der Waals surface area (Å²) in [5.41, 5.74) is 1.39. The Morgan fingerprint density at radius 3 is 1.40 bits per heavy atom. The maximum atomic E-state index is 10.6. The molecule has 0 aliphatic rings. The zero-order valence-electron chi connectivity index (χ0n) is 12.4. The molecule has 2 rings (SSSR count). The first kappa shape index (κ1) is 23.4. The Morgan fingerprint density at radius 1 is 0.920 bits per heavy atom. The van der Waals surface area contributed by atoms with E-state index in [1.807, 2.05) is 12.1 Å². The Labute approximate surface area is 157 Å². The van der Waals surface area contributed by atoms with Gasteiger partial charge in [-0.25, -0.2) is 4.79 Å². The van der Waals surface area contributed by atoms with Crippen LogP contribution in [0.2, 0.25) is 0 Å². The summed E-state index contributed by atoms with van der Waals surface area (Å²) in [5.74, 6) is -2.76. The smallest absolute Gasteiger partial charge is 0.475 e. The van der Waals surface area contributed by atoms with E-state index in [2.05, 4.69) is 41.8 Å². The molecule has 138 valence electrons. The van der Waals surface area contributed by atoms with Crippen LogP contribution in [0.25, 0.3) is 0 Å². The van der Waals surface area contributed by atoms with Crippen LogP contribution in [-0.4, -0.2) is 37.4 Å². The number of carboxylic acids is 1. The molecule has 2 heterocycles. The van der Waals surface area contributed by atoms with Gasteiger partial charge in [-0.3, -0.25) is 9.97 Å². The lowest BCUT2D eigenvalue weighted by Gasteiger charge is -1.93. The van der Waals surface area contributed by atoms with Gasteiger partial charge in [0, 0.05) is 21.3 Å². The van der Waals surface area contributed by atoms with E-state index in [-0.39, 0.29) is 13.2 Å². The standard InChI is InChI=1S/2C6H6BrNO.C2HF3O2/c2*7-5-1-2-6(4-9)8-3-5;3-2(4,5)1(6)7/h2*1-3,9H,4H2;(H,6,7). The molecule has 0 aromatic carbocycles. The van der Waals surface area contributed by atoms with Crippen LogP contribution >= 0.6 is 31.9 Å². The van der Waals surface area contributed by atoms with Crippen molar-refractivity contribution in [2.45, 2.75) is 19.4 Å². The highest BCUT2D eigenvalue weighted by Crippen LogP contribution is 2.13. The predicted molar refractivity (Wildman–Crippen MR) is 89.4 cm³/mol. The lowest BCUT2D eigenvalue weighted by atomic mass is 10.4. The van der Waals surface area contributed by atoms with Gasteiger partial charge in [0.05, 0.1) is 24.6 Å². The van der Waals surface area contributed by atoms with Crippen molar-refractivity contribution < 1.29 is 33.3 Å². The van der Waals surface area contributed by atoms with Gasteiger partial charge in [0.1, 0.15) is 0 Å². The van der Waals surface area contributed by atoms with E-state index in [0.29, 0.717) is 11.4 Å². The molecule has 0 fully saturated rings. The molecule has 3 N–H and O–H groups in total. The third kappa shape index (κ3) is 11.6. The van der Waals surface area contributed by atoms with Crippen LogP contribution < -0.4 is 0 Å². The van der Waals surface area contributed by atoms with Crippen LogP contribution in [0.3, 0.4) is 0 Å². The first-order chi connectivity index (χ1) is 11.6. The average Bonchev–Trinajstić information content (AvgIpc) is 2.56.